The number of amides is 3. The Kier molecular flexibility index (Phi) is 5.06. The van der Waals surface area contributed by atoms with Crippen LogP contribution in [0.25, 0.3) is 0 Å². The van der Waals surface area contributed by atoms with Crippen LogP contribution in [0.1, 0.15) is 51.5 Å². The molecule has 6 nitrogen and oxygen atoms in total. The molecular formula is C19H26N4O2. The van der Waals surface area contributed by atoms with Gasteiger partial charge in [0.25, 0.3) is 5.91 Å². The van der Waals surface area contributed by atoms with Gasteiger partial charge in [0.05, 0.1) is 6.21 Å². The van der Waals surface area contributed by atoms with E-state index in [1.807, 2.05) is 24.3 Å². The predicted molar refractivity (Wildman–Crippen MR) is 98.8 cm³/mol. The third-order valence-corrected chi connectivity index (χ3v) is 5.19. The number of nitrogens with zero attached hydrogens (tertiary/aromatic N) is 3. The third kappa shape index (κ3) is 3.38. The van der Waals surface area contributed by atoms with Crippen molar-refractivity contribution >= 4 is 23.8 Å². The Bertz CT molecular complexity index is 659. The van der Waals surface area contributed by atoms with Gasteiger partial charge in [-0.05, 0) is 44.4 Å². The van der Waals surface area contributed by atoms with E-state index in [1.165, 1.54) is 0 Å². The van der Waals surface area contributed by atoms with E-state index in [-0.39, 0.29) is 5.91 Å². The van der Waals surface area contributed by atoms with Gasteiger partial charge in [-0.3, -0.25) is 4.79 Å². The molecule has 0 radical (unpaired) electrons. The highest BCUT2D eigenvalue weighted by atomic mass is 16.2. The zero-order chi connectivity index (χ0) is 17.9. The molecule has 1 spiro atoms. The molecule has 0 unspecified atom stereocenters. The van der Waals surface area contributed by atoms with E-state index in [2.05, 4.69) is 29.2 Å². The van der Waals surface area contributed by atoms with E-state index < -0.39 is 11.6 Å². The van der Waals surface area contributed by atoms with E-state index in [0.29, 0.717) is 12.8 Å². The maximum absolute atomic E-state index is 12.7. The van der Waals surface area contributed by atoms with Crippen LogP contribution in [0.2, 0.25) is 0 Å². The number of imide groups is 1. The molecular weight excluding hydrogens is 316 g/mol. The second-order valence-corrected chi connectivity index (χ2v) is 6.70. The zero-order valence-corrected chi connectivity index (χ0v) is 15.0. The lowest BCUT2D eigenvalue weighted by atomic mass is 9.82. The molecule has 1 N–H and O–H groups in total. The normalized spacial score (nSPS) is 19.7. The number of hydrogen-bond acceptors (Lipinski definition) is 4. The van der Waals surface area contributed by atoms with Gasteiger partial charge in [0.15, 0.2) is 0 Å². The molecule has 25 heavy (non-hydrogen) atoms. The summed E-state index contributed by atoms with van der Waals surface area (Å²) in [5.74, 6) is -0.215. The number of rotatable bonds is 5. The summed E-state index contributed by atoms with van der Waals surface area (Å²) in [5.41, 5.74) is 1.29. The molecule has 1 saturated heterocycles. The van der Waals surface area contributed by atoms with Gasteiger partial charge in [0.1, 0.15) is 5.54 Å². The Labute approximate surface area is 148 Å². The Morgan fingerprint density at radius 2 is 1.76 bits per heavy atom. The molecule has 6 heteroatoms. The highest BCUT2D eigenvalue weighted by Crippen LogP contribution is 2.33. The molecule has 1 saturated carbocycles. The lowest BCUT2D eigenvalue weighted by molar-refractivity contribution is -0.132. The van der Waals surface area contributed by atoms with Gasteiger partial charge in [-0.25, -0.2) is 4.79 Å². The fourth-order valence-corrected chi connectivity index (χ4v) is 3.69. The average Bonchev–Trinajstić information content (AvgIpc) is 2.86. The maximum Gasteiger partial charge on any atom is 0.346 e. The molecule has 134 valence electrons. The van der Waals surface area contributed by atoms with Crippen molar-refractivity contribution in [3.8, 4) is 0 Å². The van der Waals surface area contributed by atoms with Gasteiger partial charge in [0.2, 0.25) is 0 Å². The highest BCUT2D eigenvalue weighted by molar-refractivity contribution is 6.07. The van der Waals surface area contributed by atoms with Crippen LogP contribution in [0.5, 0.6) is 0 Å². The van der Waals surface area contributed by atoms with Gasteiger partial charge in [-0.1, -0.05) is 31.4 Å². The summed E-state index contributed by atoms with van der Waals surface area (Å²) < 4.78 is 0. The van der Waals surface area contributed by atoms with Crippen LogP contribution in [0.4, 0.5) is 10.5 Å². The highest BCUT2D eigenvalue weighted by Gasteiger charge is 2.51. The van der Waals surface area contributed by atoms with Crippen LogP contribution in [-0.2, 0) is 4.79 Å². The average molecular weight is 342 g/mol. The first-order valence-electron chi connectivity index (χ1n) is 9.15. The molecule has 3 rings (SSSR count). The first kappa shape index (κ1) is 17.5. The lowest BCUT2D eigenvalue weighted by Crippen LogP contribution is -2.48. The van der Waals surface area contributed by atoms with Crippen molar-refractivity contribution in [2.45, 2.75) is 51.5 Å². The van der Waals surface area contributed by atoms with E-state index in [4.69, 9.17) is 0 Å². The standard InChI is InChI=1S/C19H26N4O2/c1-3-22(4-2)16-10-8-15(9-11-16)14-20-23-17(24)19(21-18(23)25)12-6-5-7-13-19/h8-11,14H,3-7,12-13H2,1-2H3,(H,21,25)/b20-14-. The van der Waals surface area contributed by atoms with Crippen molar-refractivity contribution in [1.82, 2.24) is 10.3 Å². The zero-order valence-electron chi connectivity index (χ0n) is 15.0. The van der Waals surface area contributed by atoms with Crippen molar-refractivity contribution in [3.05, 3.63) is 29.8 Å². The van der Waals surface area contributed by atoms with Crippen molar-refractivity contribution in [1.29, 1.82) is 0 Å². The van der Waals surface area contributed by atoms with Crippen LogP contribution < -0.4 is 10.2 Å². The number of urea groups is 1. The molecule has 3 amide bonds. The molecule has 1 aromatic carbocycles. The Morgan fingerprint density at radius 3 is 2.36 bits per heavy atom. The number of benzene rings is 1. The number of carbonyl (C=O) groups excluding carboxylic acids is 2. The minimum atomic E-state index is -0.723. The summed E-state index contributed by atoms with van der Waals surface area (Å²) in [6, 6.07) is 7.55. The van der Waals surface area contributed by atoms with E-state index in [9.17, 15) is 9.59 Å². The summed E-state index contributed by atoms with van der Waals surface area (Å²) in [6.07, 6.45) is 6.05. The summed E-state index contributed by atoms with van der Waals surface area (Å²) in [4.78, 5) is 27.1. The predicted octanol–water partition coefficient (Wildman–Crippen LogP) is 3.12. The van der Waals surface area contributed by atoms with Crippen LogP contribution in [0.15, 0.2) is 29.4 Å². The molecule has 1 aliphatic carbocycles. The van der Waals surface area contributed by atoms with Gasteiger partial charge in [-0.15, -0.1) is 5.01 Å². The molecule has 0 bridgehead atoms. The number of nitrogens with one attached hydrogen (secondary N) is 1. The summed E-state index contributed by atoms with van der Waals surface area (Å²) in [5, 5.41) is 8.00. The summed E-state index contributed by atoms with van der Waals surface area (Å²) in [7, 11) is 0. The van der Waals surface area contributed by atoms with Crippen molar-refractivity contribution in [2.75, 3.05) is 18.0 Å². The largest absolute Gasteiger partial charge is 0.372 e. The minimum Gasteiger partial charge on any atom is -0.372 e. The monoisotopic (exact) mass is 342 g/mol. The number of hydrazone groups is 1. The van der Waals surface area contributed by atoms with Crippen molar-refractivity contribution in [2.24, 2.45) is 5.10 Å². The maximum atomic E-state index is 12.7. The van der Waals surface area contributed by atoms with Crippen LogP contribution in [0.3, 0.4) is 0 Å². The molecule has 2 fully saturated rings. The van der Waals surface area contributed by atoms with Crippen LogP contribution >= 0.6 is 0 Å². The Balaban J connectivity index is 1.71. The lowest BCUT2D eigenvalue weighted by Gasteiger charge is -2.29. The quantitative estimate of drug-likeness (QED) is 0.660. The van der Waals surface area contributed by atoms with Gasteiger partial charge < -0.3 is 10.2 Å². The number of hydrogen-bond donors (Lipinski definition) is 1. The van der Waals surface area contributed by atoms with Crippen LogP contribution in [-0.4, -0.2) is 41.8 Å². The van der Waals surface area contributed by atoms with Crippen molar-refractivity contribution < 1.29 is 9.59 Å². The number of carbonyl (C=O) groups is 2. The fraction of sp³-hybridized carbons (Fsp3) is 0.526. The van der Waals surface area contributed by atoms with Gasteiger partial charge in [0, 0.05) is 18.8 Å². The first-order chi connectivity index (χ1) is 12.1. The third-order valence-electron chi connectivity index (χ3n) is 5.19. The van der Waals surface area contributed by atoms with Crippen molar-refractivity contribution in [3.63, 3.8) is 0 Å². The molecule has 0 atom stereocenters. The summed E-state index contributed by atoms with van der Waals surface area (Å²) >= 11 is 0. The van der Waals surface area contributed by atoms with Gasteiger partial charge in [-0.2, -0.15) is 5.10 Å². The van der Waals surface area contributed by atoms with E-state index in [0.717, 1.165) is 48.6 Å². The molecule has 1 aromatic rings. The minimum absolute atomic E-state index is 0.215. The number of anilines is 1. The van der Waals surface area contributed by atoms with E-state index in [1.54, 1.807) is 6.21 Å². The van der Waals surface area contributed by atoms with E-state index >= 15 is 0 Å². The molecule has 1 aliphatic heterocycles. The molecule has 0 aromatic heterocycles. The van der Waals surface area contributed by atoms with Crippen LogP contribution in [0, 0.1) is 0 Å². The second kappa shape index (κ2) is 7.25. The topological polar surface area (TPSA) is 65.0 Å². The second-order valence-electron chi connectivity index (χ2n) is 6.70. The fourth-order valence-electron chi connectivity index (χ4n) is 3.69. The smallest absolute Gasteiger partial charge is 0.346 e. The first-order valence-corrected chi connectivity index (χ1v) is 9.15. The van der Waals surface area contributed by atoms with Gasteiger partial charge >= 0.3 is 6.03 Å². The molecule has 1 heterocycles. The summed E-state index contributed by atoms with van der Waals surface area (Å²) in [6.45, 7) is 6.15. The SMILES string of the molecule is CCN(CC)c1ccc(/C=N\N2C(=O)NC3(CCCCC3)C2=O)cc1. The Morgan fingerprint density at radius 1 is 1.12 bits per heavy atom. The molecule has 2 aliphatic rings. The Hall–Kier alpha value is -2.37.